The van der Waals surface area contributed by atoms with Crippen LogP contribution in [0, 0.1) is 0 Å². The highest BCUT2D eigenvalue weighted by atomic mass is 16.5. The molecule has 2 aromatic rings. The fourth-order valence-electron chi connectivity index (χ4n) is 2.55. The van der Waals surface area contributed by atoms with Gasteiger partial charge in [-0.15, -0.1) is 0 Å². The molecule has 1 saturated heterocycles. The molecule has 0 radical (unpaired) electrons. The van der Waals surface area contributed by atoms with Gasteiger partial charge in [-0.1, -0.05) is 12.1 Å². The molecule has 0 spiro atoms. The minimum Gasteiger partial charge on any atom is -0.495 e. The zero-order valence-electron chi connectivity index (χ0n) is 11.6. The van der Waals surface area contributed by atoms with Crippen molar-refractivity contribution >= 4 is 11.4 Å². The predicted molar refractivity (Wildman–Crippen MR) is 79.5 cm³/mol. The Balaban J connectivity index is 1.70. The van der Waals surface area contributed by atoms with Crippen molar-refractivity contribution in [2.45, 2.75) is 0 Å². The van der Waals surface area contributed by atoms with Gasteiger partial charge >= 0.3 is 0 Å². The van der Waals surface area contributed by atoms with E-state index in [9.17, 15) is 0 Å². The van der Waals surface area contributed by atoms with Crippen molar-refractivity contribution in [3.05, 3.63) is 43.0 Å². The van der Waals surface area contributed by atoms with Gasteiger partial charge in [0.25, 0.3) is 0 Å². The number of ether oxygens (including phenoxy) is 1. The molecule has 0 saturated carbocycles. The normalized spacial score (nSPS) is 15.2. The summed E-state index contributed by atoms with van der Waals surface area (Å²) in [7, 11) is 1.72. The molecule has 5 nitrogen and oxygen atoms in total. The van der Waals surface area contributed by atoms with E-state index in [1.807, 2.05) is 24.5 Å². The molecule has 1 aromatic heterocycles. The number of aromatic nitrogens is 2. The van der Waals surface area contributed by atoms with Crippen LogP contribution >= 0.6 is 0 Å². The van der Waals surface area contributed by atoms with Crippen LogP contribution in [0.5, 0.6) is 5.75 Å². The Morgan fingerprint density at radius 3 is 2.30 bits per heavy atom. The van der Waals surface area contributed by atoms with Crippen LogP contribution < -0.4 is 14.5 Å². The molecule has 0 atom stereocenters. The molecule has 2 heterocycles. The lowest BCUT2D eigenvalue weighted by molar-refractivity contribution is 0.413. The summed E-state index contributed by atoms with van der Waals surface area (Å²) < 4.78 is 5.43. The van der Waals surface area contributed by atoms with Gasteiger partial charge in [0, 0.05) is 26.2 Å². The van der Waals surface area contributed by atoms with Crippen LogP contribution in [0.4, 0.5) is 11.4 Å². The minimum atomic E-state index is 0.934. The molecule has 1 fully saturated rings. The van der Waals surface area contributed by atoms with Crippen molar-refractivity contribution < 1.29 is 4.74 Å². The number of anilines is 2. The summed E-state index contributed by atoms with van der Waals surface area (Å²) in [5, 5.41) is 0. The molecule has 0 bridgehead atoms. The maximum Gasteiger partial charge on any atom is 0.142 e. The number of nitrogens with zero attached hydrogens (tertiary/aromatic N) is 4. The third kappa shape index (κ3) is 2.52. The quantitative estimate of drug-likeness (QED) is 0.851. The van der Waals surface area contributed by atoms with Gasteiger partial charge in [0.05, 0.1) is 30.9 Å². The topological polar surface area (TPSA) is 41.5 Å². The first-order valence-corrected chi connectivity index (χ1v) is 6.76. The second-order valence-corrected chi connectivity index (χ2v) is 4.74. The van der Waals surface area contributed by atoms with E-state index >= 15 is 0 Å². The van der Waals surface area contributed by atoms with E-state index in [1.165, 1.54) is 5.69 Å². The summed E-state index contributed by atoms with van der Waals surface area (Å²) in [6.45, 7) is 3.86. The van der Waals surface area contributed by atoms with Gasteiger partial charge in [-0.2, -0.15) is 0 Å². The van der Waals surface area contributed by atoms with Crippen molar-refractivity contribution in [2.75, 3.05) is 43.1 Å². The summed E-state index contributed by atoms with van der Waals surface area (Å²) >= 11 is 0. The van der Waals surface area contributed by atoms with Crippen LogP contribution in [0.15, 0.2) is 43.0 Å². The van der Waals surface area contributed by atoms with E-state index in [1.54, 1.807) is 13.4 Å². The largest absolute Gasteiger partial charge is 0.495 e. The summed E-state index contributed by atoms with van der Waals surface area (Å²) in [5.41, 5.74) is 2.26. The average Bonchev–Trinajstić information content (AvgIpc) is 2.56. The van der Waals surface area contributed by atoms with Gasteiger partial charge in [-0.05, 0) is 12.1 Å². The van der Waals surface area contributed by atoms with E-state index in [2.05, 4.69) is 31.9 Å². The Labute approximate surface area is 118 Å². The molecule has 20 heavy (non-hydrogen) atoms. The first kappa shape index (κ1) is 12.7. The second-order valence-electron chi connectivity index (χ2n) is 4.74. The standard InChI is InChI=1S/C15H18N4O/c1-20-15-5-3-2-4-14(15)19-8-6-18(7-9-19)13-10-16-12-17-11-13/h2-5,10-12H,6-9H2,1H3. The zero-order valence-corrected chi connectivity index (χ0v) is 11.6. The van der Waals surface area contributed by atoms with Gasteiger partial charge in [0.1, 0.15) is 12.1 Å². The number of methoxy groups -OCH3 is 1. The van der Waals surface area contributed by atoms with Crippen LogP contribution in [-0.4, -0.2) is 43.3 Å². The molecule has 0 amide bonds. The van der Waals surface area contributed by atoms with Crippen LogP contribution in [0.3, 0.4) is 0 Å². The molecule has 5 heteroatoms. The van der Waals surface area contributed by atoms with Gasteiger partial charge in [-0.25, -0.2) is 9.97 Å². The van der Waals surface area contributed by atoms with E-state index in [0.717, 1.165) is 37.6 Å². The summed E-state index contributed by atoms with van der Waals surface area (Å²) in [6.07, 6.45) is 5.30. The monoisotopic (exact) mass is 270 g/mol. The molecule has 1 aromatic carbocycles. The molecule has 0 aliphatic carbocycles. The lowest BCUT2D eigenvalue weighted by Crippen LogP contribution is -2.46. The Bertz CT molecular complexity index is 553. The Morgan fingerprint density at radius 2 is 1.60 bits per heavy atom. The summed E-state index contributed by atoms with van der Waals surface area (Å²) in [4.78, 5) is 12.8. The SMILES string of the molecule is COc1ccccc1N1CCN(c2cncnc2)CC1. The summed E-state index contributed by atoms with van der Waals surface area (Å²) in [6, 6.07) is 8.17. The lowest BCUT2D eigenvalue weighted by atomic mass is 10.2. The Morgan fingerprint density at radius 1 is 0.950 bits per heavy atom. The highest BCUT2D eigenvalue weighted by Gasteiger charge is 2.19. The Kier molecular flexibility index (Phi) is 3.67. The van der Waals surface area contributed by atoms with Crippen molar-refractivity contribution in [3.63, 3.8) is 0 Å². The number of hydrogen-bond donors (Lipinski definition) is 0. The maximum absolute atomic E-state index is 5.43. The lowest BCUT2D eigenvalue weighted by Gasteiger charge is -2.37. The highest BCUT2D eigenvalue weighted by molar-refractivity contribution is 5.59. The molecule has 104 valence electrons. The first-order valence-electron chi connectivity index (χ1n) is 6.76. The molecular weight excluding hydrogens is 252 g/mol. The van der Waals surface area contributed by atoms with Crippen molar-refractivity contribution in [1.82, 2.24) is 9.97 Å². The first-order chi connectivity index (χ1) is 9.88. The smallest absolute Gasteiger partial charge is 0.142 e. The van der Waals surface area contributed by atoms with E-state index in [4.69, 9.17) is 4.74 Å². The number of benzene rings is 1. The number of hydrogen-bond acceptors (Lipinski definition) is 5. The summed E-state index contributed by atoms with van der Waals surface area (Å²) in [5.74, 6) is 0.934. The predicted octanol–water partition coefficient (Wildman–Crippen LogP) is 1.81. The fourth-order valence-corrected chi connectivity index (χ4v) is 2.55. The molecule has 1 aliphatic rings. The van der Waals surface area contributed by atoms with Crippen LogP contribution in [0.2, 0.25) is 0 Å². The highest BCUT2D eigenvalue weighted by Crippen LogP contribution is 2.28. The van der Waals surface area contributed by atoms with Crippen LogP contribution in [0.1, 0.15) is 0 Å². The maximum atomic E-state index is 5.43. The second kappa shape index (κ2) is 5.77. The molecule has 3 rings (SSSR count). The number of rotatable bonds is 3. The van der Waals surface area contributed by atoms with E-state index in [-0.39, 0.29) is 0 Å². The zero-order chi connectivity index (χ0) is 13.8. The minimum absolute atomic E-state index is 0.934. The molecule has 0 unspecified atom stereocenters. The fraction of sp³-hybridized carbons (Fsp3) is 0.333. The molecule has 0 N–H and O–H groups in total. The molecule has 1 aliphatic heterocycles. The van der Waals surface area contributed by atoms with Crippen molar-refractivity contribution in [2.24, 2.45) is 0 Å². The van der Waals surface area contributed by atoms with Gasteiger partial charge in [-0.3, -0.25) is 0 Å². The third-order valence-electron chi connectivity index (χ3n) is 3.62. The van der Waals surface area contributed by atoms with E-state index in [0.29, 0.717) is 0 Å². The number of piperazine rings is 1. The van der Waals surface area contributed by atoms with Gasteiger partial charge < -0.3 is 14.5 Å². The van der Waals surface area contributed by atoms with Crippen LogP contribution in [-0.2, 0) is 0 Å². The average molecular weight is 270 g/mol. The van der Waals surface area contributed by atoms with Gasteiger partial charge in [0.15, 0.2) is 0 Å². The van der Waals surface area contributed by atoms with E-state index < -0.39 is 0 Å². The Hall–Kier alpha value is -2.30. The van der Waals surface area contributed by atoms with Gasteiger partial charge in [0.2, 0.25) is 0 Å². The van der Waals surface area contributed by atoms with Crippen LogP contribution in [0.25, 0.3) is 0 Å². The van der Waals surface area contributed by atoms with Crippen molar-refractivity contribution in [3.8, 4) is 5.75 Å². The third-order valence-corrected chi connectivity index (χ3v) is 3.62. The number of para-hydroxylation sites is 2. The molecular formula is C15H18N4O. The van der Waals surface area contributed by atoms with Crippen molar-refractivity contribution in [1.29, 1.82) is 0 Å².